The molecule has 6 nitrogen and oxygen atoms in total. The highest BCUT2D eigenvalue weighted by Crippen LogP contribution is 2.20. The van der Waals surface area contributed by atoms with Crippen LogP contribution in [-0.4, -0.2) is 32.3 Å². The van der Waals surface area contributed by atoms with Crippen LogP contribution in [0.25, 0.3) is 17.0 Å². The summed E-state index contributed by atoms with van der Waals surface area (Å²) in [4.78, 5) is 21.6. The van der Waals surface area contributed by atoms with E-state index in [4.69, 9.17) is 10.2 Å². The molecule has 19 heavy (non-hydrogen) atoms. The summed E-state index contributed by atoms with van der Waals surface area (Å²) >= 11 is 0. The molecule has 1 aromatic carbocycles. The lowest BCUT2D eigenvalue weighted by atomic mass is 10.0. The Morgan fingerprint density at radius 2 is 2.11 bits per heavy atom. The number of hydrogen-bond donors (Lipinski definition) is 3. The first-order chi connectivity index (χ1) is 8.97. The van der Waals surface area contributed by atoms with Gasteiger partial charge in [0, 0.05) is 11.0 Å². The van der Waals surface area contributed by atoms with Crippen LogP contribution in [0.5, 0.6) is 0 Å². The molecule has 0 aliphatic carbocycles. The highest BCUT2D eigenvalue weighted by molar-refractivity contribution is 5.97. The molecule has 3 N–H and O–H groups in total. The number of nitrogens with zero attached hydrogens (tertiary/aromatic N) is 1. The number of aromatic nitrogens is 2. The summed E-state index contributed by atoms with van der Waals surface area (Å²) in [6.45, 7) is 1.87. The van der Waals surface area contributed by atoms with Crippen molar-refractivity contribution in [3.8, 4) is 0 Å². The summed E-state index contributed by atoms with van der Waals surface area (Å²) in [5, 5.41) is 25.3. The zero-order valence-corrected chi connectivity index (χ0v) is 10.2. The molecular weight excluding hydrogens is 248 g/mol. The average molecular weight is 260 g/mol. The zero-order chi connectivity index (χ0) is 14.0. The van der Waals surface area contributed by atoms with Gasteiger partial charge in [-0.05, 0) is 36.3 Å². The van der Waals surface area contributed by atoms with Crippen molar-refractivity contribution in [2.24, 2.45) is 0 Å². The minimum absolute atomic E-state index is 0.158. The maximum atomic E-state index is 11.0. The van der Waals surface area contributed by atoms with Crippen LogP contribution in [0.3, 0.4) is 0 Å². The Morgan fingerprint density at radius 1 is 1.37 bits per heavy atom. The molecule has 0 spiro atoms. The van der Waals surface area contributed by atoms with Crippen molar-refractivity contribution in [2.45, 2.75) is 13.3 Å². The van der Waals surface area contributed by atoms with Crippen LogP contribution in [0.1, 0.15) is 17.5 Å². The van der Waals surface area contributed by atoms with Crippen molar-refractivity contribution in [1.82, 2.24) is 10.2 Å². The molecule has 2 rings (SSSR count). The monoisotopic (exact) mass is 260 g/mol. The molecule has 0 radical (unpaired) electrons. The molecule has 98 valence electrons. The Hall–Kier alpha value is -2.63. The highest BCUT2D eigenvalue weighted by Gasteiger charge is 2.12. The molecule has 1 aromatic heterocycles. The standard InChI is InChI=1S/C13H12N2O4/c1-7-2-8(4-10-6-14-15-12(7)10)3-9(13(18)19)5-11(16)17/h2-4,6H,5H2,1H3,(H,14,15)(H,16,17)(H,18,19). The summed E-state index contributed by atoms with van der Waals surface area (Å²) in [5.41, 5.74) is 2.29. The lowest BCUT2D eigenvalue weighted by molar-refractivity contribution is -0.139. The number of carbonyl (C=O) groups is 2. The van der Waals surface area contributed by atoms with Crippen LogP contribution < -0.4 is 0 Å². The quantitative estimate of drug-likeness (QED) is 0.727. The third kappa shape index (κ3) is 2.79. The number of H-pyrrole nitrogens is 1. The summed E-state index contributed by atoms with van der Waals surface area (Å²) in [6, 6.07) is 3.54. The third-order valence-corrected chi connectivity index (χ3v) is 2.73. The smallest absolute Gasteiger partial charge is 0.332 e. The van der Waals surface area contributed by atoms with Crippen molar-refractivity contribution in [3.63, 3.8) is 0 Å². The number of rotatable bonds is 4. The number of hydrogen-bond acceptors (Lipinski definition) is 3. The molecule has 0 saturated carbocycles. The van der Waals surface area contributed by atoms with Gasteiger partial charge in [0.05, 0.1) is 18.1 Å². The van der Waals surface area contributed by atoms with Gasteiger partial charge in [-0.2, -0.15) is 5.10 Å². The van der Waals surface area contributed by atoms with Gasteiger partial charge in [0.25, 0.3) is 0 Å². The normalized spacial score (nSPS) is 11.7. The second kappa shape index (κ2) is 4.93. The Labute approximate surface area is 108 Å². The number of fused-ring (bicyclic) bond motifs is 1. The van der Waals surface area contributed by atoms with Gasteiger partial charge >= 0.3 is 11.9 Å². The SMILES string of the molecule is Cc1cc(C=C(CC(=O)O)C(=O)O)cc2cn[nH]c12. The summed E-state index contributed by atoms with van der Waals surface area (Å²) in [6.07, 6.45) is 2.49. The average Bonchev–Trinajstić information content (AvgIpc) is 2.76. The fourth-order valence-corrected chi connectivity index (χ4v) is 1.90. The third-order valence-electron chi connectivity index (χ3n) is 2.73. The van der Waals surface area contributed by atoms with Crippen molar-refractivity contribution < 1.29 is 19.8 Å². The maximum Gasteiger partial charge on any atom is 0.332 e. The van der Waals surface area contributed by atoms with Crippen molar-refractivity contribution in [3.05, 3.63) is 35.0 Å². The molecule has 6 heteroatoms. The second-order valence-corrected chi connectivity index (χ2v) is 4.22. The first kappa shape index (κ1) is 12.8. The number of aryl methyl sites for hydroxylation is 1. The predicted octanol–water partition coefficient (Wildman–Crippen LogP) is 1.81. The van der Waals surface area contributed by atoms with Crippen molar-refractivity contribution in [1.29, 1.82) is 0 Å². The molecular formula is C13H12N2O4. The number of aromatic amines is 1. The van der Waals surface area contributed by atoms with Gasteiger partial charge in [0.15, 0.2) is 0 Å². The highest BCUT2D eigenvalue weighted by atomic mass is 16.4. The van der Waals surface area contributed by atoms with Crippen molar-refractivity contribution in [2.75, 3.05) is 0 Å². The van der Waals surface area contributed by atoms with Gasteiger partial charge in [-0.3, -0.25) is 9.89 Å². The van der Waals surface area contributed by atoms with Gasteiger partial charge < -0.3 is 10.2 Å². The predicted molar refractivity (Wildman–Crippen MR) is 68.7 cm³/mol. The first-order valence-electron chi connectivity index (χ1n) is 5.57. The topological polar surface area (TPSA) is 103 Å². The van der Waals surface area contributed by atoms with E-state index in [1.54, 1.807) is 18.3 Å². The lowest BCUT2D eigenvalue weighted by Crippen LogP contribution is -2.06. The molecule has 0 fully saturated rings. The summed E-state index contributed by atoms with van der Waals surface area (Å²) in [5.74, 6) is -2.40. The molecule has 1 heterocycles. The number of carboxylic acid groups (broad SMARTS) is 2. The van der Waals surface area contributed by atoms with Gasteiger partial charge in [-0.15, -0.1) is 0 Å². The minimum atomic E-state index is -1.23. The fraction of sp³-hybridized carbons (Fsp3) is 0.154. The van der Waals surface area contributed by atoms with E-state index in [9.17, 15) is 9.59 Å². The zero-order valence-electron chi connectivity index (χ0n) is 10.2. The lowest BCUT2D eigenvalue weighted by Gasteiger charge is -2.02. The van der Waals surface area contributed by atoms with E-state index in [0.717, 1.165) is 16.5 Å². The van der Waals surface area contributed by atoms with E-state index in [-0.39, 0.29) is 5.57 Å². The molecule has 0 saturated heterocycles. The van der Waals surface area contributed by atoms with E-state index in [1.165, 1.54) is 6.08 Å². The Bertz CT molecular complexity index is 685. The van der Waals surface area contributed by atoms with E-state index in [0.29, 0.717) is 5.56 Å². The molecule has 2 aromatic rings. The molecule has 0 aliphatic rings. The van der Waals surface area contributed by atoms with Gasteiger partial charge in [-0.25, -0.2) is 4.79 Å². The van der Waals surface area contributed by atoms with E-state index >= 15 is 0 Å². The minimum Gasteiger partial charge on any atom is -0.481 e. The number of aliphatic carboxylic acids is 2. The maximum absolute atomic E-state index is 11.0. The van der Waals surface area contributed by atoms with Crippen LogP contribution in [0.15, 0.2) is 23.9 Å². The Balaban J connectivity index is 2.47. The first-order valence-corrected chi connectivity index (χ1v) is 5.57. The largest absolute Gasteiger partial charge is 0.481 e. The van der Waals surface area contributed by atoms with E-state index in [1.807, 2.05) is 6.92 Å². The molecule has 0 unspecified atom stereocenters. The number of carboxylic acids is 2. The molecule has 0 amide bonds. The van der Waals surface area contributed by atoms with Crippen LogP contribution in [0, 0.1) is 6.92 Å². The van der Waals surface area contributed by atoms with Gasteiger partial charge in [-0.1, -0.05) is 0 Å². The summed E-state index contributed by atoms with van der Waals surface area (Å²) < 4.78 is 0. The summed E-state index contributed by atoms with van der Waals surface area (Å²) in [7, 11) is 0. The van der Waals surface area contributed by atoms with E-state index in [2.05, 4.69) is 10.2 Å². The van der Waals surface area contributed by atoms with Crippen LogP contribution >= 0.6 is 0 Å². The molecule has 0 bridgehead atoms. The van der Waals surface area contributed by atoms with Crippen LogP contribution in [0.4, 0.5) is 0 Å². The molecule has 0 aliphatic heterocycles. The Kier molecular flexibility index (Phi) is 3.33. The van der Waals surface area contributed by atoms with E-state index < -0.39 is 18.4 Å². The fourth-order valence-electron chi connectivity index (χ4n) is 1.90. The molecule has 0 atom stereocenters. The number of nitrogens with one attached hydrogen (secondary N) is 1. The van der Waals surface area contributed by atoms with Gasteiger partial charge in [0.2, 0.25) is 0 Å². The van der Waals surface area contributed by atoms with Crippen LogP contribution in [0.2, 0.25) is 0 Å². The number of benzene rings is 1. The Morgan fingerprint density at radius 3 is 2.74 bits per heavy atom. The second-order valence-electron chi connectivity index (χ2n) is 4.22. The van der Waals surface area contributed by atoms with Gasteiger partial charge in [0.1, 0.15) is 0 Å². The van der Waals surface area contributed by atoms with Crippen molar-refractivity contribution >= 4 is 28.9 Å². The van der Waals surface area contributed by atoms with Crippen LogP contribution in [-0.2, 0) is 9.59 Å².